The lowest BCUT2D eigenvalue weighted by atomic mass is 9.88. The fraction of sp³-hybridized carbons (Fsp3) is 0. The number of hydrogen-bond donors (Lipinski definition) is 0. The summed E-state index contributed by atoms with van der Waals surface area (Å²) in [6.45, 7) is 0. The lowest BCUT2D eigenvalue weighted by Gasteiger charge is -2.18. The number of aromatic nitrogens is 2. The van der Waals surface area contributed by atoms with Crippen LogP contribution in [0.5, 0.6) is 0 Å². The topological polar surface area (TPSA) is 9.86 Å². The zero-order chi connectivity index (χ0) is 30.2. The van der Waals surface area contributed by atoms with Crippen LogP contribution >= 0.6 is 0 Å². The molecule has 2 heteroatoms. The van der Waals surface area contributed by atoms with E-state index in [2.05, 4.69) is 179 Å². The lowest BCUT2D eigenvalue weighted by Crippen LogP contribution is -1.98. The van der Waals surface area contributed by atoms with Gasteiger partial charge in [0.25, 0.3) is 0 Å². The molecule has 2 nitrogen and oxygen atoms in total. The Labute approximate surface area is 266 Å². The third-order valence-electron chi connectivity index (χ3n) is 9.67. The summed E-state index contributed by atoms with van der Waals surface area (Å²) in [5, 5.41) is 10.2. The van der Waals surface area contributed by atoms with E-state index in [-0.39, 0.29) is 0 Å². The Kier molecular flexibility index (Phi) is 5.31. The normalized spacial score (nSPS) is 11.9. The van der Waals surface area contributed by atoms with Gasteiger partial charge in [-0.2, -0.15) is 0 Å². The molecule has 0 unspecified atom stereocenters. The van der Waals surface area contributed by atoms with E-state index in [0.717, 1.165) is 0 Å². The van der Waals surface area contributed by atoms with Crippen LogP contribution in [0.3, 0.4) is 0 Å². The second-order valence-electron chi connectivity index (χ2n) is 12.2. The van der Waals surface area contributed by atoms with Crippen molar-refractivity contribution in [2.24, 2.45) is 0 Å². The van der Waals surface area contributed by atoms with E-state index >= 15 is 0 Å². The number of fused-ring (bicyclic) bond motifs is 2. The van der Waals surface area contributed by atoms with Gasteiger partial charge in [0.1, 0.15) is 0 Å². The number of hydrogen-bond acceptors (Lipinski definition) is 0. The summed E-state index contributed by atoms with van der Waals surface area (Å²) in [6.07, 6.45) is 0. The van der Waals surface area contributed by atoms with Gasteiger partial charge in [0.05, 0.1) is 22.4 Å². The third kappa shape index (κ3) is 3.59. The molecule has 46 heavy (non-hydrogen) atoms. The third-order valence-corrected chi connectivity index (χ3v) is 9.67. The Morgan fingerprint density at radius 3 is 1.15 bits per heavy atom. The van der Waals surface area contributed by atoms with E-state index in [4.69, 9.17) is 0 Å². The standard InChI is InChI=1S/C44H28N2/c1-3-13-33(14-4-1)45-39-17-9-7-11-31(39)27-41(45)35-23-19-29-22-26-38-36(24-20-30-21-25-37(35)43(29)44(30)38)42-28-32-12-8-10-18-40(32)46(42)34-15-5-2-6-16-34/h1-28H. The largest absolute Gasteiger partial charge is 0.309 e. The molecule has 10 aromatic rings. The maximum Gasteiger partial charge on any atom is 0.0547 e. The van der Waals surface area contributed by atoms with Gasteiger partial charge < -0.3 is 9.13 Å². The summed E-state index contributed by atoms with van der Waals surface area (Å²) in [7, 11) is 0. The van der Waals surface area contributed by atoms with Gasteiger partial charge in [-0.05, 0) is 80.8 Å². The highest BCUT2D eigenvalue weighted by molar-refractivity contribution is 6.27. The van der Waals surface area contributed by atoms with Crippen LogP contribution < -0.4 is 0 Å². The molecule has 0 fully saturated rings. The first kappa shape index (κ1) is 25.2. The van der Waals surface area contributed by atoms with Crippen LogP contribution in [-0.2, 0) is 0 Å². The van der Waals surface area contributed by atoms with E-state index in [1.165, 1.54) is 88.0 Å². The van der Waals surface area contributed by atoms with Gasteiger partial charge in [0.2, 0.25) is 0 Å². The quantitative estimate of drug-likeness (QED) is 0.182. The van der Waals surface area contributed by atoms with Crippen LogP contribution in [0.1, 0.15) is 0 Å². The lowest BCUT2D eigenvalue weighted by molar-refractivity contribution is 1.14. The van der Waals surface area contributed by atoms with Crippen molar-refractivity contribution in [1.82, 2.24) is 9.13 Å². The maximum atomic E-state index is 2.41. The summed E-state index contributed by atoms with van der Waals surface area (Å²) in [6, 6.07) is 62.0. The minimum absolute atomic E-state index is 1.17. The van der Waals surface area contributed by atoms with Crippen molar-refractivity contribution < 1.29 is 0 Å². The van der Waals surface area contributed by atoms with Crippen LogP contribution in [0, 0.1) is 0 Å². The molecule has 0 amide bonds. The molecule has 0 saturated carbocycles. The van der Waals surface area contributed by atoms with Crippen LogP contribution in [0.15, 0.2) is 170 Å². The maximum absolute atomic E-state index is 2.41. The monoisotopic (exact) mass is 584 g/mol. The van der Waals surface area contributed by atoms with Crippen molar-refractivity contribution in [3.63, 3.8) is 0 Å². The minimum Gasteiger partial charge on any atom is -0.309 e. The SMILES string of the molecule is c1ccc(-n2c(-c3ccc4ccc5c(-c6cc7ccccc7n6-c6ccccc6)ccc6ccc3c4c65)cc3ccccc32)cc1. The Morgan fingerprint density at radius 2 is 0.696 bits per heavy atom. The predicted octanol–water partition coefficient (Wildman–Crippen LogP) is 11.8. The van der Waals surface area contributed by atoms with Gasteiger partial charge in [0.15, 0.2) is 0 Å². The predicted molar refractivity (Wildman–Crippen MR) is 195 cm³/mol. The molecule has 0 aliphatic heterocycles. The number of nitrogens with zero attached hydrogens (tertiary/aromatic N) is 2. The fourth-order valence-corrected chi connectivity index (χ4v) is 7.66. The second kappa shape index (κ2) is 9.69. The van der Waals surface area contributed by atoms with E-state index < -0.39 is 0 Å². The molecule has 0 aliphatic rings. The second-order valence-corrected chi connectivity index (χ2v) is 12.2. The smallest absolute Gasteiger partial charge is 0.0547 e. The van der Waals surface area contributed by atoms with Crippen LogP contribution in [0.4, 0.5) is 0 Å². The minimum atomic E-state index is 1.17. The molecule has 2 heterocycles. The molecule has 0 bridgehead atoms. The Bertz CT molecular complexity index is 2540. The molecule has 10 rings (SSSR count). The molecule has 214 valence electrons. The average Bonchev–Trinajstić information content (AvgIpc) is 3.70. The first-order chi connectivity index (χ1) is 22.8. The number of rotatable bonds is 4. The highest BCUT2D eigenvalue weighted by Crippen LogP contribution is 2.44. The fourth-order valence-electron chi connectivity index (χ4n) is 7.66. The van der Waals surface area contributed by atoms with Crippen molar-refractivity contribution in [2.45, 2.75) is 0 Å². The summed E-state index contributed by atoms with van der Waals surface area (Å²) >= 11 is 0. The van der Waals surface area contributed by atoms with Crippen molar-refractivity contribution in [1.29, 1.82) is 0 Å². The van der Waals surface area contributed by atoms with Crippen LogP contribution in [0.25, 0.3) is 88.0 Å². The zero-order valence-electron chi connectivity index (χ0n) is 25.1. The molecule has 0 aliphatic carbocycles. The van der Waals surface area contributed by atoms with Gasteiger partial charge in [-0.1, -0.05) is 121 Å². The number of para-hydroxylation sites is 4. The number of benzene rings is 8. The van der Waals surface area contributed by atoms with E-state index in [0.29, 0.717) is 0 Å². The molecule has 2 aromatic heterocycles. The first-order valence-electron chi connectivity index (χ1n) is 15.9. The van der Waals surface area contributed by atoms with Gasteiger partial charge in [-0.25, -0.2) is 0 Å². The molecule has 8 aromatic carbocycles. The molecule has 0 atom stereocenters. The van der Waals surface area contributed by atoms with Crippen molar-refractivity contribution in [2.75, 3.05) is 0 Å². The van der Waals surface area contributed by atoms with E-state index in [1.807, 2.05) is 0 Å². The van der Waals surface area contributed by atoms with E-state index in [9.17, 15) is 0 Å². The highest BCUT2D eigenvalue weighted by Gasteiger charge is 2.20. The van der Waals surface area contributed by atoms with Gasteiger partial charge in [0, 0.05) is 33.3 Å². The van der Waals surface area contributed by atoms with Gasteiger partial charge >= 0.3 is 0 Å². The molecule has 0 N–H and O–H groups in total. The Balaban J connectivity index is 1.28. The molecule has 0 spiro atoms. The zero-order valence-corrected chi connectivity index (χ0v) is 25.1. The average molecular weight is 585 g/mol. The molecule has 0 saturated heterocycles. The van der Waals surface area contributed by atoms with Crippen molar-refractivity contribution >= 4 is 54.1 Å². The van der Waals surface area contributed by atoms with Crippen LogP contribution in [-0.4, -0.2) is 9.13 Å². The van der Waals surface area contributed by atoms with E-state index in [1.54, 1.807) is 0 Å². The summed E-state index contributed by atoms with van der Waals surface area (Å²) in [5.74, 6) is 0. The Morgan fingerprint density at radius 1 is 0.304 bits per heavy atom. The summed E-state index contributed by atoms with van der Waals surface area (Å²) in [4.78, 5) is 0. The first-order valence-corrected chi connectivity index (χ1v) is 15.9. The molecular formula is C44H28N2. The Hall–Kier alpha value is -6.12. The van der Waals surface area contributed by atoms with Crippen molar-refractivity contribution in [3.05, 3.63) is 170 Å². The highest BCUT2D eigenvalue weighted by atomic mass is 15.0. The summed E-state index contributed by atoms with van der Waals surface area (Å²) < 4.78 is 4.82. The summed E-state index contributed by atoms with van der Waals surface area (Å²) in [5.41, 5.74) is 9.65. The molecular weight excluding hydrogens is 556 g/mol. The van der Waals surface area contributed by atoms with Gasteiger partial charge in [-0.15, -0.1) is 0 Å². The van der Waals surface area contributed by atoms with Crippen LogP contribution in [0.2, 0.25) is 0 Å². The van der Waals surface area contributed by atoms with Crippen molar-refractivity contribution in [3.8, 4) is 33.9 Å². The molecule has 0 radical (unpaired) electrons. The van der Waals surface area contributed by atoms with Gasteiger partial charge in [-0.3, -0.25) is 0 Å².